The van der Waals surface area contributed by atoms with Crippen LogP contribution in [0.1, 0.15) is 18.1 Å². The van der Waals surface area contributed by atoms with Gasteiger partial charge in [0.25, 0.3) is 0 Å². The fourth-order valence-corrected chi connectivity index (χ4v) is 3.73. The molecule has 6 nitrogen and oxygen atoms in total. The normalized spacial score (nSPS) is 12.3. The monoisotopic (exact) mass is 375 g/mol. The fourth-order valence-electron chi connectivity index (χ4n) is 3.73. The highest BCUT2D eigenvalue weighted by atomic mass is 16.4. The van der Waals surface area contributed by atoms with Gasteiger partial charge < -0.3 is 20.0 Å². The van der Waals surface area contributed by atoms with E-state index in [9.17, 15) is 14.7 Å². The van der Waals surface area contributed by atoms with Crippen LogP contribution < -0.4 is 0 Å². The molecule has 142 valence electrons. The first-order valence-electron chi connectivity index (χ1n) is 9.14. The van der Waals surface area contributed by atoms with Gasteiger partial charge in [-0.1, -0.05) is 36.4 Å². The lowest BCUT2D eigenvalue weighted by molar-refractivity contribution is -0.149. The number of aromatic amines is 2. The lowest BCUT2D eigenvalue weighted by atomic mass is 10.0. The predicted octanol–water partition coefficient (Wildman–Crippen LogP) is 3.69. The molecule has 0 radical (unpaired) electrons. The third-order valence-corrected chi connectivity index (χ3v) is 5.17. The van der Waals surface area contributed by atoms with Gasteiger partial charge in [0.05, 0.1) is 0 Å². The molecule has 4 rings (SSSR count). The zero-order valence-electron chi connectivity index (χ0n) is 15.5. The number of amides is 1. The van der Waals surface area contributed by atoms with E-state index in [0.29, 0.717) is 0 Å². The van der Waals surface area contributed by atoms with Crippen molar-refractivity contribution in [1.82, 2.24) is 14.9 Å². The molecule has 4 aromatic rings. The Hall–Kier alpha value is -3.54. The van der Waals surface area contributed by atoms with Gasteiger partial charge >= 0.3 is 5.97 Å². The van der Waals surface area contributed by atoms with Gasteiger partial charge in [-0.2, -0.15) is 0 Å². The standard InChI is InChI=1S/C22H21N3O3/c1-14(26)25(13-16-12-24-20-9-5-3-7-18(16)20)21(22(27)28)10-15-11-23-19-8-4-2-6-17(15)19/h2-9,11-12,21,23-24H,10,13H2,1H3,(H,27,28). The molecule has 6 heteroatoms. The second-order valence-electron chi connectivity index (χ2n) is 6.92. The summed E-state index contributed by atoms with van der Waals surface area (Å²) in [5.74, 6) is -1.28. The third-order valence-electron chi connectivity index (χ3n) is 5.17. The van der Waals surface area contributed by atoms with E-state index in [0.717, 1.165) is 32.9 Å². The number of nitrogens with zero attached hydrogens (tertiary/aromatic N) is 1. The molecule has 0 saturated carbocycles. The van der Waals surface area contributed by atoms with Gasteiger partial charge in [0.1, 0.15) is 6.04 Å². The summed E-state index contributed by atoms with van der Waals surface area (Å²) in [5.41, 5.74) is 3.70. The summed E-state index contributed by atoms with van der Waals surface area (Å²) in [4.78, 5) is 32.3. The van der Waals surface area contributed by atoms with Crippen LogP contribution in [0.3, 0.4) is 0 Å². The van der Waals surface area contributed by atoms with Gasteiger partial charge in [-0.25, -0.2) is 4.79 Å². The zero-order valence-corrected chi connectivity index (χ0v) is 15.5. The molecule has 1 amide bonds. The van der Waals surface area contributed by atoms with Crippen molar-refractivity contribution >= 4 is 33.7 Å². The summed E-state index contributed by atoms with van der Waals surface area (Å²) in [7, 11) is 0. The smallest absolute Gasteiger partial charge is 0.326 e. The van der Waals surface area contributed by atoms with Crippen molar-refractivity contribution in [2.24, 2.45) is 0 Å². The van der Waals surface area contributed by atoms with Crippen LogP contribution in [0.4, 0.5) is 0 Å². The van der Waals surface area contributed by atoms with E-state index in [4.69, 9.17) is 0 Å². The Kier molecular flexibility index (Phi) is 4.61. The maximum Gasteiger partial charge on any atom is 0.326 e. The number of rotatable bonds is 6. The van der Waals surface area contributed by atoms with Crippen molar-refractivity contribution in [3.05, 3.63) is 72.1 Å². The van der Waals surface area contributed by atoms with E-state index in [1.807, 2.05) is 60.9 Å². The highest BCUT2D eigenvalue weighted by molar-refractivity contribution is 5.87. The van der Waals surface area contributed by atoms with Crippen molar-refractivity contribution in [2.45, 2.75) is 25.9 Å². The number of carboxylic acid groups (broad SMARTS) is 1. The van der Waals surface area contributed by atoms with Crippen molar-refractivity contribution in [2.75, 3.05) is 0 Å². The van der Waals surface area contributed by atoms with Crippen LogP contribution in [0.2, 0.25) is 0 Å². The molecular weight excluding hydrogens is 354 g/mol. The number of fused-ring (bicyclic) bond motifs is 2. The SMILES string of the molecule is CC(=O)N(Cc1c[nH]c2ccccc12)C(Cc1c[nH]c2ccccc12)C(=O)O. The number of aromatic nitrogens is 2. The maximum atomic E-state index is 12.4. The number of carboxylic acids is 1. The third kappa shape index (κ3) is 3.24. The molecule has 0 aliphatic carbocycles. The highest BCUT2D eigenvalue weighted by Gasteiger charge is 2.29. The summed E-state index contributed by atoms with van der Waals surface area (Å²) in [6, 6.07) is 14.6. The van der Waals surface area contributed by atoms with Gasteiger partial charge in [-0.3, -0.25) is 4.79 Å². The number of H-pyrrole nitrogens is 2. The van der Waals surface area contributed by atoms with Crippen LogP contribution in [0, 0.1) is 0 Å². The van der Waals surface area contributed by atoms with Crippen LogP contribution in [0.5, 0.6) is 0 Å². The summed E-state index contributed by atoms with van der Waals surface area (Å²) in [6.45, 7) is 1.65. The van der Waals surface area contributed by atoms with Gasteiger partial charge in [0.2, 0.25) is 5.91 Å². The summed E-state index contributed by atoms with van der Waals surface area (Å²) < 4.78 is 0. The van der Waals surface area contributed by atoms with Crippen molar-refractivity contribution in [3.8, 4) is 0 Å². The second kappa shape index (κ2) is 7.23. The van der Waals surface area contributed by atoms with Gasteiger partial charge in [0, 0.05) is 54.1 Å². The van der Waals surface area contributed by atoms with Crippen LogP contribution in [-0.2, 0) is 22.6 Å². The molecule has 0 spiro atoms. The Morgan fingerprint density at radius 1 is 0.929 bits per heavy atom. The van der Waals surface area contributed by atoms with Crippen LogP contribution in [0.15, 0.2) is 60.9 Å². The Bertz CT molecular complexity index is 1070. The molecule has 0 aliphatic heterocycles. The van der Waals surface area contributed by atoms with Crippen molar-refractivity contribution in [1.29, 1.82) is 0 Å². The van der Waals surface area contributed by atoms with Gasteiger partial charge in [0.15, 0.2) is 0 Å². The Morgan fingerprint density at radius 3 is 2.04 bits per heavy atom. The van der Waals surface area contributed by atoms with E-state index < -0.39 is 12.0 Å². The Balaban J connectivity index is 1.67. The molecular formula is C22H21N3O3. The van der Waals surface area contributed by atoms with Gasteiger partial charge in [-0.05, 0) is 23.3 Å². The van der Waals surface area contributed by atoms with E-state index in [-0.39, 0.29) is 18.9 Å². The molecule has 2 heterocycles. The minimum atomic E-state index is -1.01. The lowest BCUT2D eigenvalue weighted by Gasteiger charge is -2.28. The topological polar surface area (TPSA) is 89.2 Å². The van der Waals surface area contributed by atoms with Crippen molar-refractivity contribution < 1.29 is 14.7 Å². The molecule has 2 aromatic heterocycles. The van der Waals surface area contributed by atoms with E-state index in [1.54, 1.807) is 0 Å². The average Bonchev–Trinajstić information content (AvgIpc) is 3.28. The van der Waals surface area contributed by atoms with E-state index in [1.165, 1.54) is 11.8 Å². The molecule has 0 bridgehead atoms. The number of hydrogen-bond acceptors (Lipinski definition) is 2. The first-order chi connectivity index (χ1) is 13.5. The second-order valence-corrected chi connectivity index (χ2v) is 6.92. The average molecular weight is 375 g/mol. The summed E-state index contributed by atoms with van der Waals surface area (Å²) >= 11 is 0. The largest absolute Gasteiger partial charge is 0.480 e. The molecule has 2 aromatic carbocycles. The predicted molar refractivity (Wildman–Crippen MR) is 108 cm³/mol. The Morgan fingerprint density at radius 2 is 1.46 bits per heavy atom. The quantitative estimate of drug-likeness (QED) is 0.480. The number of benzene rings is 2. The molecule has 28 heavy (non-hydrogen) atoms. The number of carbonyl (C=O) groups excluding carboxylic acids is 1. The number of aliphatic carboxylic acids is 1. The highest BCUT2D eigenvalue weighted by Crippen LogP contribution is 2.24. The number of nitrogens with one attached hydrogen (secondary N) is 2. The van der Waals surface area contributed by atoms with E-state index >= 15 is 0 Å². The number of hydrogen-bond donors (Lipinski definition) is 3. The number of para-hydroxylation sites is 2. The Labute approximate surface area is 161 Å². The first kappa shape index (κ1) is 17.9. The first-order valence-corrected chi connectivity index (χ1v) is 9.14. The van der Waals surface area contributed by atoms with E-state index in [2.05, 4.69) is 9.97 Å². The number of carbonyl (C=O) groups is 2. The lowest BCUT2D eigenvalue weighted by Crippen LogP contribution is -2.44. The molecule has 1 unspecified atom stereocenters. The molecule has 1 atom stereocenters. The molecule has 0 fully saturated rings. The van der Waals surface area contributed by atoms with Crippen LogP contribution in [0.25, 0.3) is 21.8 Å². The fraction of sp³-hybridized carbons (Fsp3) is 0.182. The molecule has 0 saturated heterocycles. The van der Waals surface area contributed by atoms with Crippen LogP contribution >= 0.6 is 0 Å². The summed E-state index contributed by atoms with van der Waals surface area (Å²) in [5, 5.41) is 11.9. The maximum absolute atomic E-state index is 12.4. The minimum absolute atomic E-state index is 0.235. The molecule has 3 N–H and O–H groups in total. The molecule has 0 aliphatic rings. The van der Waals surface area contributed by atoms with Gasteiger partial charge in [-0.15, -0.1) is 0 Å². The zero-order chi connectivity index (χ0) is 19.7. The van der Waals surface area contributed by atoms with Crippen LogP contribution in [-0.4, -0.2) is 37.9 Å². The minimum Gasteiger partial charge on any atom is -0.480 e. The summed E-state index contributed by atoms with van der Waals surface area (Å²) in [6.07, 6.45) is 3.90. The van der Waals surface area contributed by atoms with Crippen molar-refractivity contribution in [3.63, 3.8) is 0 Å².